The number of aryl methyl sites for hydroxylation is 1. The fourth-order valence-corrected chi connectivity index (χ4v) is 3.91. The molecule has 4 rings (SSSR count). The molecule has 3 aromatic heterocycles. The van der Waals surface area contributed by atoms with Gasteiger partial charge in [-0.3, -0.25) is 28.3 Å². The van der Waals surface area contributed by atoms with Crippen molar-refractivity contribution >= 4 is 23.0 Å². The molecule has 2 N–H and O–H groups in total. The van der Waals surface area contributed by atoms with Gasteiger partial charge < -0.3 is 19.5 Å². The van der Waals surface area contributed by atoms with E-state index in [2.05, 4.69) is 10.6 Å². The van der Waals surface area contributed by atoms with Crippen molar-refractivity contribution in [1.82, 2.24) is 19.8 Å². The molecule has 0 spiro atoms. The highest BCUT2D eigenvalue weighted by molar-refractivity contribution is 5.90. The SMILES string of the molecule is Cc1cc(=O)c2oc(-c3ccccc3)c(CC(=O)NCCC(=O)NCc3cc(=O)n(C)c(=O)n3C)c2o1. The van der Waals surface area contributed by atoms with E-state index in [9.17, 15) is 24.0 Å². The maximum atomic E-state index is 12.7. The minimum atomic E-state index is -0.489. The third-order valence-corrected chi connectivity index (χ3v) is 5.92. The molecular weight excluding hydrogens is 480 g/mol. The highest BCUT2D eigenvalue weighted by Crippen LogP contribution is 2.33. The van der Waals surface area contributed by atoms with E-state index in [4.69, 9.17) is 8.83 Å². The first kappa shape index (κ1) is 25.4. The molecule has 11 nitrogen and oxygen atoms in total. The van der Waals surface area contributed by atoms with E-state index in [1.54, 1.807) is 19.1 Å². The Kier molecular flexibility index (Phi) is 7.23. The fourth-order valence-electron chi connectivity index (χ4n) is 3.91. The molecule has 37 heavy (non-hydrogen) atoms. The van der Waals surface area contributed by atoms with Crippen LogP contribution in [0.3, 0.4) is 0 Å². The molecule has 1 aromatic carbocycles. The maximum Gasteiger partial charge on any atom is 0.330 e. The van der Waals surface area contributed by atoms with E-state index in [0.29, 0.717) is 28.3 Å². The number of nitrogens with one attached hydrogen (secondary N) is 2. The maximum absolute atomic E-state index is 12.7. The second kappa shape index (κ2) is 10.5. The molecule has 3 heterocycles. The number of nitrogens with zero attached hydrogens (tertiary/aromatic N) is 2. The zero-order chi connectivity index (χ0) is 26.7. The average molecular weight is 507 g/mol. The largest absolute Gasteiger partial charge is 0.457 e. The first-order valence-electron chi connectivity index (χ1n) is 11.6. The topological polar surface area (TPSA) is 146 Å². The Morgan fingerprint density at radius 2 is 1.62 bits per heavy atom. The average Bonchev–Trinajstić information content (AvgIpc) is 3.23. The zero-order valence-electron chi connectivity index (χ0n) is 20.6. The van der Waals surface area contributed by atoms with Crippen LogP contribution in [0.25, 0.3) is 22.5 Å². The van der Waals surface area contributed by atoms with Gasteiger partial charge in [-0.1, -0.05) is 30.3 Å². The van der Waals surface area contributed by atoms with Gasteiger partial charge in [-0.25, -0.2) is 4.79 Å². The van der Waals surface area contributed by atoms with E-state index in [1.165, 1.54) is 30.8 Å². The Bertz CT molecular complexity index is 1660. The summed E-state index contributed by atoms with van der Waals surface area (Å²) in [6.07, 6.45) is -0.142. The van der Waals surface area contributed by atoms with Crippen LogP contribution in [0.15, 0.2) is 65.7 Å². The Labute approximate surface area is 210 Å². The summed E-state index contributed by atoms with van der Waals surface area (Å²) in [6, 6.07) is 11.7. The minimum absolute atomic E-state index is 0.00553. The first-order chi connectivity index (χ1) is 17.7. The zero-order valence-corrected chi connectivity index (χ0v) is 20.6. The third-order valence-electron chi connectivity index (χ3n) is 5.92. The number of amides is 2. The van der Waals surface area contributed by atoms with Crippen molar-refractivity contribution in [1.29, 1.82) is 0 Å². The van der Waals surface area contributed by atoms with Crippen LogP contribution in [0.2, 0.25) is 0 Å². The number of rotatable bonds is 8. The number of carbonyl (C=O) groups is 2. The number of fused-ring (bicyclic) bond motifs is 1. The van der Waals surface area contributed by atoms with Crippen LogP contribution >= 0.6 is 0 Å². The van der Waals surface area contributed by atoms with Gasteiger partial charge in [-0.05, 0) is 6.92 Å². The van der Waals surface area contributed by atoms with Gasteiger partial charge >= 0.3 is 5.69 Å². The molecule has 0 aliphatic rings. The molecule has 11 heteroatoms. The number of furan rings is 1. The first-order valence-corrected chi connectivity index (χ1v) is 11.6. The van der Waals surface area contributed by atoms with Crippen LogP contribution in [0, 0.1) is 6.92 Å². The lowest BCUT2D eigenvalue weighted by Gasteiger charge is -2.11. The summed E-state index contributed by atoms with van der Waals surface area (Å²) in [5.41, 5.74) is 0.460. The second-order valence-electron chi connectivity index (χ2n) is 8.58. The van der Waals surface area contributed by atoms with Crippen LogP contribution in [-0.2, 0) is 36.6 Å². The lowest BCUT2D eigenvalue weighted by Crippen LogP contribution is -2.39. The lowest BCUT2D eigenvalue weighted by atomic mass is 10.1. The third kappa shape index (κ3) is 5.45. The van der Waals surface area contributed by atoms with E-state index >= 15 is 0 Å². The van der Waals surface area contributed by atoms with Crippen molar-refractivity contribution in [3.63, 3.8) is 0 Å². The van der Waals surface area contributed by atoms with Crippen molar-refractivity contribution < 1.29 is 18.4 Å². The summed E-state index contributed by atoms with van der Waals surface area (Å²) >= 11 is 0. The molecular formula is C26H26N4O7. The number of aromatic nitrogens is 2. The van der Waals surface area contributed by atoms with Gasteiger partial charge in [-0.2, -0.15) is 0 Å². The summed E-state index contributed by atoms with van der Waals surface area (Å²) in [5, 5.41) is 5.33. The van der Waals surface area contributed by atoms with Crippen molar-refractivity contribution in [2.24, 2.45) is 14.1 Å². The van der Waals surface area contributed by atoms with Crippen molar-refractivity contribution in [3.05, 3.63) is 90.5 Å². The molecule has 0 atom stereocenters. The summed E-state index contributed by atoms with van der Waals surface area (Å²) in [7, 11) is 2.88. The van der Waals surface area contributed by atoms with Gasteiger partial charge in [0.1, 0.15) is 11.5 Å². The number of hydrogen-bond acceptors (Lipinski definition) is 7. The normalized spacial score (nSPS) is 11.0. The summed E-state index contributed by atoms with van der Waals surface area (Å²) < 4.78 is 13.8. The Morgan fingerprint density at radius 3 is 2.35 bits per heavy atom. The molecule has 0 saturated heterocycles. The van der Waals surface area contributed by atoms with E-state index < -0.39 is 11.2 Å². The molecule has 192 valence electrons. The molecule has 0 fully saturated rings. The Morgan fingerprint density at radius 1 is 0.892 bits per heavy atom. The Balaban J connectivity index is 1.41. The van der Waals surface area contributed by atoms with Crippen LogP contribution in [0.5, 0.6) is 0 Å². The molecule has 2 amide bonds. The number of hydrogen-bond donors (Lipinski definition) is 2. The van der Waals surface area contributed by atoms with Gasteiger partial charge in [0.15, 0.2) is 5.58 Å². The Hall–Kier alpha value is -4.67. The quantitative estimate of drug-likeness (QED) is 0.364. The predicted octanol–water partition coefficient (Wildman–Crippen LogP) is 1.12. The summed E-state index contributed by atoms with van der Waals surface area (Å²) in [6.45, 7) is 1.69. The van der Waals surface area contributed by atoms with E-state index in [1.807, 2.05) is 18.2 Å². The van der Waals surface area contributed by atoms with Crippen molar-refractivity contribution in [3.8, 4) is 11.3 Å². The monoisotopic (exact) mass is 506 g/mol. The fraction of sp³-hybridized carbons (Fsp3) is 0.269. The molecule has 0 aliphatic carbocycles. The van der Waals surface area contributed by atoms with Gasteiger partial charge in [0, 0.05) is 50.5 Å². The summed E-state index contributed by atoms with van der Waals surface area (Å²) in [5.74, 6) is 0.0131. The molecule has 0 unspecified atom stereocenters. The molecule has 0 radical (unpaired) electrons. The minimum Gasteiger partial charge on any atom is -0.457 e. The van der Waals surface area contributed by atoms with Crippen molar-refractivity contribution in [2.75, 3.05) is 6.54 Å². The molecule has 0 saturated carbocycles. The van der Waals surface area contributed by atoms with Crippen LogP contribution < -0.4 is 27.3 Å². The number of benzene rings is 1. The van der Waals surface area contributed by atoms with Crippen LogP contribution in [0.4, 0.5) is 0 Å². The predicted molar refractivity (Wildman–Crippen MR) is 135 cm³/mol. The van der Waals surface area contributed by atoms with E-state index in [-0.39, 0.29) is 54.3 Å². The van der Waals surface area contributed by atoms with Gasteiger partial charge in [-0.15, -0.1) is 0 Å². The van der Waals surface area contributed by atoms with Crippen LogP contribution in [-0.4, -0.2) is 27.5 Å². The van der Waals surface area contributed by atoms with Gasteiger partial charge in [0.2, 0.25) is 22.8 Å². The lowest BCUT2D eigenvalue weighted by molar-refractivity contribution is -0.122. The molecule has 0 bridgehead atoms. The standard InChI is InChI=1S/C26H26N4O7/c1-15-11-19(31)25-24(36-15)18(23(37-25)16-7-5-4-6-8-16)13-21(33)27-10-9-20(32)28-14-17-12-22(34)30(3)26(35)29(17)2/h4-8,11-12H,9-10,13-14H2,1-3H3,(H,27,33)(H,28,32). The van der Waals surface area contributed by atoms with Crippen LogP contribution in [0.1, 0.15) is 23.4 Å². The summed E-state index contributed by atoms with van der Waals surface area (Å²) in [4.78, 5) is 61.3. The van der Waals surface area contributed by atoms with Crippen molar-refractivity contribution in [2.45, 2.75) is 26.3 Å². The highest BCUT2D eigenvalue weighted by atomic mass is 16.4. The second-order valence-corrected chi connectivity index (χ2v) is 8.58. The molecule has 0 aliphatic heterocycles. The smallest absolute Gasteiger partial charge is 0.330 e. The van der Waals surface area contributed by atoms with E-state index in [0.717, 1.165) is 4.57 Å². The highest BCUT2D eigenvalue weighted by Gasteiger charge is 2.22. The molecule has 4 aromatic rings. The van der Waals surface area contributed by atoms with Gasteiger partial charge in [0.05, 0.1) is 18.5 Å². The van der Waals surface area contributed by atoms with Gasteiger partial charge in [0.25, 0.3) is 5.56 Å². The number of carbonyl (C=O) groups excluding carboxylic acids is 2.